The van der Waals surface area contributed by atoms with Crippen LogP contribution in [0.25, 0.3) is 0 Å². The standard InChI is InChI=1S/C13H13N5O6/c1-21-6-4-3-5-7(9(6)22-2)13(20)23-12(5)16-15-11(19)8-10(14)18-24-17-8/h3-4,12,16H,1-2H3,(H2,14,18)(H,15,19). The molecule has 1 aromatic carbocycles. The van der Waals surface area contributed by atoms with Crippen LogP contribution in [0.3, 0.4) is 0 Å². The van der Waals surface area contributed by atoms with Crippen LogP contribution in [0.15, 0.2) is 16.8 Å². The second kappa shape index (κ2) is 6.04. The van der Waals surface area contributed by atoms with Crippen molar-refractivity contribution < 1.29 is 28.4 Å². The number of fused-ring (bicyclic) bond motifs is 1. The topological polar surface area (TPSA) is 151 Å². The normalized spacial score (nSPS) is 15.6. The van der Waals surface area contributed by atoms with Gasteiger partial charge in [-0.1, -0.05) is 0 Å². The first-order chi connectivity index (χ1) is 11.6. The fourth-order valence-electron chi connectivity index (χ4n) is 2.25. The fourth-order valence-corrected chi connectivity index (χ4v) is 2.25. The van der Waals surface area contributed by atoms with Crippen molar-refractivity contribution in [3.05, 3.63) is 29.0 Å². The van der Waals surface area contributed by atoms with Crippen molar-refractivity contribution >= 4 is 17.7 Å². The van der Waals surface area contributed by atoms with Gasteiger partial charge in [0.15, 0.2) is 17.7 Å². The summed E-state index contributed by atoms with van der Waals surface area (Å²) in [7, 11) is 2.87. The van der Waals surface area contributed by atoms with Crippen molar-refractivity contribution in [2.75, 3.05) is 20.0 Å². The monoisotopic (exact) mass is 335 g/mol. The maximum atomic E-state index is 12.1. The van der Waals surface area contributed by atoms with Crippen molar-refractivity contribution in [3.8, 4) is 11.5 Å². The van der Waals surface area contributed by atoms with Crippen LogP contribution in [0.1, 0.15) is 32.6 Å². The van der Waals surface area contributed by atoms with Crippen LogP contribution in [0.2, 0.25) is 0 Å². The Kier molecular flexibility index (Phi) is 3.92. The summed E-state index contributed by atoms with van der Waals surface area (Å²) in [5, 5.41) is 6.66. The highest BCUT2D eigenvalue weighted by Gasteiger charge is 2.36. The van der Waals surface area contributed by atoms with Crippen molar-refractivity contribution in [2.24, 2.45) is 0 Å². The molecule has 11 heteroatoms. The molecule has 2 aromatic rings. The molecule has 0 fully saturated rings. The third kappa shape index (κ3) is 2.46. The van der Waals surface area contributed by atoms with Gasteiger partial charge in [0.1, 0.15) is 5.56 Å². The van der Waals surface area contributed by atoms with E-state index in [9.17, 15) is 9.59 Å². The minimum atomic E-state index is -0.919. The lowest BCUT2D eigenvalue weighted by atomic mass is 10.1. The predicted octanol–water partition coefficient (Wildman–Crippen LogP) is -0.227. The number of nitrogens with one attached hydrogen (secondary N) is 2. The molecule has 1 aliphatic heterocycles. The number of carbonyl (C=O) groups is 2. The van der Waals surface area contributed by atoms with Crippen LogP contribution in [-0.4, -0.2) is 36.4 Å². The highest BCUT2D eigenvalue weighted by Crippen LogP contribution is 2.40. The highest BCUT2D eigenvalue weighted by atomic mass is 16.6. The van der Waals surface area contributed by atoms with Crippen LogP contribution in [0, 0.1) is 0 Å². The van der Waals surface area contributed by atoms with Gasteiger partial charge in [0.2, 0.25) is 11.5 Å². The lowest BCUT2D eigenvalue weighted by Crippen LogP contribution is -2.40. The van der Waals surface area contributed by atoms with E-state index in [4.69, 9.17) is 19.9 Å². The number of hydrogen-bond acceptors (Lipinski definition) is 10. The van der Waals surface area contributed by atoms with Crippen LogP contribution in [0.5, 0.6) is 11.5 Å². The molecule has 24 heavy (non-hydrogen) atoms. The summed E-state index contributed by atoms with van der Waals surface area (Å²) in [6.07, 6.45) is -0.919. The molecular formula is C13H13N5O6. The Labute approximate surface area is 135 Å². The fraction of sp³-hybridized carbons (Fsp3) is 0.231. The van der Waals surface area contributed by atoms with Crippen LogP contribution in [0.4, 0.5) is 5.82 Å². The molecule has 1 atom stereocenters. The quantitative estimate of drug-likeness (QED) is 0.493. The minimum absolute atomic E-state index is 0.162. The van der Waals surface area contributed by atoms with Crippen LogP contribution < -0.4 is 26.1 Å². The van der Waals surface area contributed by atoms with Gasteiger partial charge in [-0.15, -0.1) is 0 Å². The summed E-state index contributed by atoms with van der Waals surface area (Å²) in [6, 6.07) is 3.24. The maximum Gasteiger partial charge on any atom is 0.344 e. The summed E-state index contributed by atoms with van der Waals surface area (Å²) < 4.78 is 19.9. The molecular weight excluding hydrogens is 322 g/mol. The van der Waals surface area contributed by atoms with Crippen LogP contribution in [-0.2, 0) is 4.74 Å². The largest absolute Gasteiger partial charge is 0.493 e. The number of cyclic esters (lactones) is 1. The molecule has 4 N–H and O–H groups in total. The van der Waals surface area contributed by atoms with Crippen molar-refractivity contribution in [1.29, 1.82) is 0 Å². The van der Waals surface area contributed by atoms with Gasteiger partial charge in [0, 0.05) is 5.56 Å². The molecule has 0 bridgehead atoms. The Morgan fingerprint density at radius 3 is 2.71 bits per heavy atom. The van der Waals surface area contributed by atoms with Gasteiger partial charge < -0.3 is 19.9 Å². The van der Waals surface area contributed by atoms with Crippen LogP contribution >= 0.6 is 0 Å². The molecule has 3 rings (SSSR count). The zero-order valence-electron chi connectivity index (χ0n) is 12.7. The van der Waals surface area contributed by atoms with E-state index in [1.165, 1.54) is 14.2 Å². The average molecular weight is 335 g/mol. The lowest BCUT2D eigenvalue weighted by Gasteiger charge is -2.14. The predicted molar refractivity (Wildman–Crippen MR) is 77.0 cm³/mol. The van der Waals surface area contributed by atoms with E-state index < -0.39 is 18.1 Å². The van der Waals surface area contributed by atoms with Gasteiger partial charge in [-0.3, -0.25) is 10.2 Å². The second-order valence-electron chi connectivity index (χ2n) is 4.65. The molecule has 0 saturated heterocycles. The number of carbonyl (C=O) groups excluding carboxylic acids is 2. The van der Waals surface area contributed by atoms with Gasteiger partial charge in [0.05, 0.1) is 14.2 Å². The van der Waals surface area contributed by atoms with Gasteiger partial charge >= 0.3 is 5.97 Å². The number of nitrogens with zero attached hydrogens (tertiary/aromatic N) is 2. The Hall–Kier alpha value is -3.34. The highest BCUT2D eigenvalue weighted by molar-refractivity contribution is 5.98. The number of anilines is 1. The molecule has 0 spiro atoms. The number of benzene rings is 1. The van der Waals surface area contributed by atoms with Crippen molar-refractivity contribution in [1.82, 2.24) is 21.2 Å². The van der Waals surface area contributed by atoms with E-state index in [0.717, 1.165) is 0 Å². The summed E-state index contributed by atoms with van der Waals surface area (Å²) >= 11 is 0. The Morgan fingerprint density at radius 2 is 2.08 bits per heavy atom. The first-order valence-corrected chi connectivity index (χ1v) is 6.66. The molecule has 0 radical (unpaired) electrons. The second-order valence-corrected chi connectivity index (χ2v) is 4.65. The molecule has 126 valence electrons. The number of amides is 1. The van der Waals surface area contributed by atoms with E-state index >= 15 is 0 Å². The Balaban J connectivity index is 1.80. The molecule has 0 saturated carbocycles. The molecule has 1 amide bonds. The average Bonchev–Trinajstić information content (AvgIpc) is 3.15. The third-order valence-corrected chi connectivity index (χ3v) is 3.34. The lowest BCUT2D eigenvalue weighted by molar-refractivity contribution is 0.0259. The summed E-state index contributed by atoms with van der Waals surface area (Å²) in [4.78, 5) is 24.0. The number of aromatic nitrogens is 2. The summed E-state index contributed by atoms with van der Waals surface area (Å²) in [5.41, 5.74) is 10.8. The number of nitrogen functional groups attached to an aromatic ring is 1. The van der Waals surface area contributed by atoms with E-state index in [1.54, 1.807) is 12.1 Å². The molecule has 1 aromatic heterocycles. The first kappa shape index (κ1) is 15.6. The molecule has 2 heterocycles. The molecule has 0 aliphatic carbocycles. The smallest absolute Gasteiger partial charge is 0.344 e. The van der Waals surface area contributed by atoms with Gasteiger partial charge in [-0.05, 0) is 22.4 Å². The molecule has 11 nitrogen and oxygen atoms in total. The van der Waals surface area contributed by atoms with Gasteiger partial charge in [0.25, 0.3) is 5.91 Å². The third-order valence-electron chi connectivity index (χ3n) is 3.34. The zero-order chi connectivity index (χ0) is 17.3. The maximum absolute atomic E-state index is 12.1. The number of hydrogen-bond donors (Lipinski definition) is 3. The number of esters is 1. The number of methoxy groups -OCH3 is 2. The van der Waals surface area contributed by atoms with E-state index in [-0.39, 0.29) is 22.8 Å². The molecule has 1 aliphatic rings. The van der Waals surface area contributed by atoms with Crippen molar-refractivity contribution in [3.63, 3.8) is 0 Å². The van der Waals surface area contributed by atoms with Gasteiger partial charge in [-0.2, -0.15) is 5.43 Å². The Bertz CT molecular complexity index is 804. The van der Waals surface area contributed by atoms with Crippen molar-refractivity contribution in [2.45, 2.75) is 6.23 Å². The number of rotatable bonds is 5. The minimum Gasteiger partial charge on any atom is -0.493 e. The first-order valence-electron chi connectivity index (χ1n) is 6.66. The van der Waals surface area contributed by atoms with E-state index in [2.05, 4.69) is 25.8 Å². The van der Waals surface area contributed by atoms with E-state index in [1.807, 2.05) is 0 Å². The van der Waals surface area contributed by atoms with Gasteiger partial charge in [-0.25, -0.2) is 9.42 Å². The number of ether oxygens (including phenoxy) is 3. The summed E-state index contributed by atoms with van der Waals surface area (Å²) in [5.74, 6) is -0.835. The SMILES string of the molecule is COc1ccc2c(c1OC)C(=O)OC2NNC(=O)c1nonc1N. The zero-order valence-corrected chi connectivity index (χ0v) is 12.7. The number of nitrogens with two attached hydrogens (primary N) is 1. The van der Waals surface area contributed by atoms with E-state index in [0.29, 0.717) is 11.3 Å². The summed E-state index contributed by atoms with van der Waals surface area (Å²) in [6.45, 7) is 0. The Morgan fingerprint density at radius 1 is 1.29 bits per heavy atom. The molecule has 1 unspecified atom stereocenters. The number of hydrazine groups is 1.